The Morgan fingerprint density at radius 2 is 2.53 bits per heavy atom. The molecular weight excluding hydrogens is 275 g/mol. The highest BCUT2D eigenvalue weighted by atomic mass is 35.5. The van der Waals surface area contributed by atoms with Gasteiger partial charge in [-0.1, -0.05) is 11.6 Å². The number of hydrogen-bond donors (Lipinski definition) is 1. The summed E-state index contributed by atoms with van der Waals surface area (Å²) < 4.78 is 12.4. The molecule has 86 valence electrons. The Kier molecular flexibility index (Phi) is 5.49. The lowest BCUT2D eigenvalue weighted by atomic mass is 10.4. The summed E-state index contributed by atoms with van der Waals surface area (Å²) in [6.45, 7) is 1.86. The van der Waals surface area contributed by atoms with Crippen molar-refractivity contribution in [1.82, 2.24) is 10.3 Å². The molecule has 1 aliphatic rings. The fourth-order valence-corrected chi connectivity index (χ4v) is 4.09. The summed E-state index contributed by atoms with van der Waals surface area (Å²) in [6.07, 6.45) is 2.73. The van der Waals surface area contributed by atoms with E-state index in [1.54, 1.807) is 6.20 Å². The lowest BCUT2D eigenvalue weighted by Gasteiger charge is -2.06. The predicted molar refractivity (Wildman–Crippen MR) is 67.5 cm³/mol. The summed E-state index contributed by atoms with van der Waals surface area (Å²) in [7, 11) is -0.784. The van der Waals surface area contributed by atoms with Gasteiger partial charge in [0.15, 0.2) is 4.47 Å². The molecule has 1 N–H and O–H groups in total. The SMILES string of the molecule is Cl.O=[S@](Cc1cnc(Cl)s1)[C@H]1CCNC1. The fraction of sp³-hybridized carbons (Fsp3) is 0.625. The quantitative estimate of drug-likeness (QED) is 0.922. The van der Waals surface area contributed by atoms with Gasteiger partial charge in [-0.2, -0.15) is 0 Å². The maximum Gasteiger partial charge on any atom is 0.183 e. The number of halogens is 2. The van der Waals surface area contributed by atoms with Gasteiger partial charge in [0.25, 0.3) is 0 Å². The highest BCUT2D eigenvalue weighted by molar-refractivity contribution is 7.85. The minimum absolute atomic E-state index is 0. The van der Waals surface area contributed by atoms with Crippen LogP contribution in [-0.4, -0.2) is 27.5 Å². The Bertz CT molecular complexity index is 339. The summed E-state index contributed by atoms with van der Waals surface area (Å²) in [5, 5.41) is 3.51. The Balaban J connectivity index is 0.00000112. The molecule has 2 rings (SSSR count). The van der Waals surface area contributed by atoms with Crippen LogP contribution in [0.2, 0.25) is 4.47 Å². The van der Waals surface area contributed by atoms with Crippen LogP contribution in [0.5, 0.6) is 0 Å². The van der Waals surface area contributed by atoms with E-state index in [0.717, 1.165) is 24.4 Å². The standard InChI is InChI=1S/C8H11ClN2OS2.ClH/c9-8-11-3-6(13-8)5-14(12)7-1-2-10-4-7;/h3,7,10H,1-2,4-5H2;1H/t7-,14+;/m0./s1. The molecule has 0 unspecified atom stereocenters. The third kappa shape index (κ3) is 3.67. The lowest BCUT2D eigenvalue weighted by molar-refractivity contribution is 0.672. The van der Waals surface area contributed by atoms with Crippen molar-refractivity contribution in [2.45, 2.75) is 17.4 Å². The van der Waals surface area contributed by atoms with Crippen molar-refractivity contribution < 1.29 is 4.21 Å². The Morgan fingerprint density at radius 1 is 1.73 bits per heavy atom. The van der Waals surface area contributed by atoms with E-state index < -0.39 is 10.8 Å². The maximum absolute atomic E-state index is 11.8. The van der Waals surface area contributed by atoms with Gasteiger partial charge in [-0.15, -0.1) is 23.7 Å². The number of hydrogen-bond acceptors (Lipinski definition) is 4. The molecule has 0 spiro atoms. The van der Waals surface area contributed by atoms with E-state index in [1.807, 2.05) is 0 Å². The van der Waals surface area contributed by atoms with E-state index in [-0.39, 0.29) is 12.4 Å². The minimum atomic E-state index is -0.784. The molecule has 1 fully saturated rings. The molecule has 1 aliphatic heterocycles. The maximum atomic E-state index is 11.8. The molecule has 0 saturated carbocycles. The van der Waals surface area contributed by atoms with Gasteiger partial charge in [0.2, 0.25) is 0 Å². The van der Waals surface area contributed by atoms with E-state index in [9.17, 15) is 4.21 Å². The van der Waals surface area contributed by atoms with Crippen molar-refractivity contribution >= 4 is 46.1 Å². The third-order valence-electron chi connectivity index (χ3n) is 2.20. The molecule has 7 heteroatoms. The van der Waals surface area contributed by atoms with Gasteiger partial charge in [-0.25, -0.2) is 4.98 Å². The molecule has 1 aromatic rings. The molecule has 0 bridgehead atoms. The van der Waals surface area contributed by atoms with Crippen molar-refractivity contribution in [3.8, 4) is 0 Å². The average Bonchev–Trinajstić information content (AvgIpc) is 2.75. The minimum Gasteiger partial charge on any atom is -0.315 e. The fourth-order valence-electron chi connectivity index (χ4n) is 1.46. The zero-order valence-electron chi connectivity index (χ0n) is 7.94. The van der Waals surface area contributed by atoms with E-state index >= 15 is 0 Å². The normalized spacial score (nSPS) is 22.3. The van der Waals surface area contributed by atoms with Gasteiger partial charge in [0, 0.05) is 33.7 Å². The second-order valence-corrected chi connectivity index (χ2v) is 6.63. The third-order valence-corrected chi connectivity index (χ3v) is 5.24. The van der Waals surface area contributed by atoms with Crippen LogP contribution in [-0.2, 0) is 16.6 Å². The molecule has 15 heavy (non-hydrogen) atoms. The Hall–Kier alpha value is 0.320. The van der Waals surface area contributed by atoms with E-state index in [0.29, 0.717) is 15.5 Å². The summed E-state index contributed by atoms with van der Waals surface area (Å²) in [4.78, 5) is 4.94. The molecular formula is C8H12Cl2N2OS2. The molecule has 0 radical (unpaired) electrons. The van der Waals surface area contributed by atoms with Crippen molar-refractivity contribution in [2.75, 3.05) is 13.1 Å². The van der Waals surface area contributed by atoms with Crippen LogP contribution in [0.3, 0.4) is 0 Å². The first-order valence-corrected chi connectivity index (χ1v) is 7.01. The largest absolute Gasteiger partial charge is 0.315 e. The van der Waals surface area contributed by atoms with Crippen LogP contribution in [0.15, 0.2) is 6.20 Å². The van der Waals surface area contributed by atoms with Crippen LogP contribution < -0.4 is 5.32 Å². The van der Waals surface area contributed by atoms with Crippen LogP contribution in [0, 0.1) is 0 Å². The number of thiazole rings is 1. The summed E-state index contributed by atoms with van der Waals surface area (Å²) in [6, 6.07) is 0. The lowest BCUT2D eigenvalue weighted by Crippen LogP contribution is -2.19. The Morgan fingerprint density at radius 3 is 3.07 bits per heavy atom. The summed E-state index contributed by atoms with van der Waals surface area (Å²) in [5.74, 6) is 0.594. The van der Waals surface area contributed by atoms with E-state index in [2.05, 4.69) is 10.3 Å². The topological polar surface area (TPSA) is 42.0 Å². The molecule has 2 heterocycles. The molecule has 1 aromatic heterocycles. The zero-order valence-corrected chi connectivity index (χ0v) is 11.1. The first-order chi connectivity index (χ1) is 6.75. The number of nitrogens with zero attached hydrogens (tertiary/aromatic N) is 1. The van der Waals surface area contributed by atoms with E-state index in [1.165, 1.54) is 11.3 Å². The summed E-state index contributed by atoms with van der Waals surface area (Å²) >= 11 is 7.12. The molecule has 1 saturated heterocycles. The van der Waals surface area contributed by atoms with Crippen molar-refractivity contribution in [3.05, 3.63) is 15.5 Å². The first kappa shape index (κ1) is 13.4. The van der Waals surface area contributed by atoms with Gasteiger partial charge in [0.1, 0.15) is 0 Å². The van der Waals surface area contributed by atoms with Crippen LogP contribution >= 0.6 is 35.3 Å². The van der Waals surface area contributed by atoms with Crippen molar-refractivity contribution in [2.24, 2.45) is 0 Å². The number of aromatic nitrogens is 1. The molecule has 3 nitrogen and oxygen atoms in total. The predicted octanol–water partition coefficient (Wildman–Crippen LogP) is 1.83. The van der Waals surface area contributed by atoms with Gasteiger partial charge < -0.3 is 5.32 Å². The molecule has 2 atom stereocenters. The first-order valence-electron chi connectivity index (χ1n) is 4.44. The second-order valence-electron chi connectivity index (χ2n) is 3.22. The number of rotatable bonds is 3. The van der Waals surface area contributed by atoms with E-state index in [4.69, 9.17) is 11.6 Å². The van der Waals surface area contributed by atoms with Crippen molar-refractivity contribution in [3.63, 3.8) is 0 Å². The monoisotopic (exact) mass is 286 g/mol. The molecule has 0 aromatic carbocycles. The van der Waals surface area contributed by atoms with Crippen LogP contribution in [0.1, 0.15) is 11.3 Å². The zero-order chi connectivity index (χ0) is 9.97. The van der Waals surface area contributed by atoms with Gasteiger partial charge in [-0.3, -0.25) is 4.21 Å². The molecule has 0 aliphatic carbocycles. The van der Waals surface area contributed by atoms with Crippen molar-refractivity contribution in [1.29, 1.82) is 0 Å². The highest BCUT2D eigenvalue weighted by Crippen LogP contribution is 2.21. The summed E-state index contributed by atoms with van der Waals surface area (Å²) in [5.41, 5.74) is 0. The van der Waals surface area contributed by atoms with Crippen LogP contribution in [0.4, 0.5) is 0 Å². The van der Waals surface area contributed by atoms with Gasteiger partial charge in [0.05, 0.1) is 5.75 Å². The van der Waals surface area contributed by atoms with Crippen LogP contribution in [0.25, 0.3) is 0 Å². The van der Waals surface area contributed by atoms with Gasteiger partial charge in [-0.05, 0) is 13.0 Å². The number of nitrogens with one attached hydrogen (secondary N) is 1. The smallest absolute Gasteiger partial charge is 0.183 e. The second kappa shape index (κ2) is 6.15. The average molecular weight is 287 g/mol. The molecule has 0 amide bonds. The highest BCUT2D eigenvalue weighted by Gasteiger charge is 2.21. The Labute approximate surface area is 106 Å². The van der Waals surface area contributed by atoms with Gasteiger partial charge >= 0.3 is 0 Å².